The molecule has 2 heteroatoms. The first-order chi connectivity index (χ1) is 33.8. The Hall–Kier alpha value is -8.98. The van der Waals surface area contributed by atoms with Crippen LogP contribution in [0.5, 0.6) is 0 Å². The zero-order valence-corrected chi connectivity index (χ0v) is 37.1. The molecule has 0 radical (unpaired) electrons. The molecule has 0 saturated carbocycles. The van der Waals surface area contributed by atoms with E-state index in [4.69, 9.17) is 0 Å². The van der Waals surface area contributed by atoms with Gasteiger partial charge in [0.2, 0.25) is 0 Å². The molecule has 0 amide bonds. The van der Waals surface area contributed by atoms with Crippen molar-refractivity contribution in [3.63, 3.8) is 0 Å². The van der Waals surface area contributed by atoms with Crippen LogP contribution in [-0.4, -0.2) is 9.13 Å². The van der Waals surface area contributed by atoms with Crippen LogP contribution in [0.4, 0.5) is 0 Å². The molecule has 14 aromatic rings. The summed E-state index contributed by atoms with van der Waals surface area (Å²) in [5, 5.41) is 12.3. The summed E-state index contributed by atoms with van der Waals surface area (Å²) in [5.74, 6) is 0. The Morgan fingerprint density at radius 3 is 1.13 bits per heavy atom. The lowest BCUT2D eigenvalue weighted by Gasteiger charge is -2.19. The van der Waals surface area contributed by atoms with Crippen LogP contribution in [-0.2, 0) is 0 Å². The summed E-state index contributed by atoms with van der Waals surface area (Å²) in [6, 6.07) is 94.0. The van der Waals surface area contributed by atoms with Gasteiger partial charge in [0.15, 0.2) is 0 Å². The zero-order chi connectivity index (χ0) is 44.7. The van der Waals surface area contributed by atoms with Crippen LogP contribution in [0.25, 0.3) is 132 Å². The highest BCUT2D eigenvalue weighted by Crippen LogP contribution is 2.48. The van der Waals surface area contributed by atoms with Crippen molar-refractivity contribution in [2.75, 3.05) is 0 Å². The average Bonchev–Trinajstić information content (AvgIpc) is 3.94. The van der Waals surface area contributed by atoms with Crippen molar-refractivity contribution in [1.82, 2.24) is 9.13 Å². The molecule has 2 aromatic heterocycles. The van der Waals surface area contributed by atoms with Gasteiger partial charge in [-0.05, 0) is 120 Å². The van der Waals surface area contributed by atoms with Crippen molar-refractivity contribution in [2.24, 2.45) is 0 Å². The van der Waals surface area contributed by atoms with Gasteiger partial charge >= 0.3 is 0 Å². The number of aromatic nitrogens is 2. The molecule has 0 aliphatic rings. The molecule has 316 valence electrons. The van der Waals surface area contributed by atoms with Crippen LogP contribution in [0.2, 0.25) is 0 Å². The van der Waals surface area contributed by atoms with E-state index in [-0.39, 0.29) is 0 Å². The normalized spacial score (nSPS) is 11.8. The molecule has 0 aliphatic carbocycles. The summed E-state index contributed by atoms with van der Waals surface area (Å²) in [7, 11) is 0. The second-order valence-electron chi connectivity index (χ2n) is 18.0. The van der Waals surface area contributed by atoms with Gasteiger partial charge in [0, 0.05) is 44.0 Å². The second-order valence-corrected chi connectivity index (χ2v) is 18.0. The van der Waals surface area contributed by atoms with Gasteiger partial charge in [0.25, 0.3) is 0 Å². The van der Waals surface area contributed by atoms with Crippen LogP contribution < -0.4 is 0 Å². The fraction of sp³-hybridized carbons (Fsp3) is 0. The van der Waals surface area contributed by atoms with Crippen molar-refractivity contribution in [3.8, 4) is 55.9 Å². The van der Waals surface area contributed by atoms with E-state index in [1.54, 1.807) is 0 Å². The Labute approximate surface area is 393 Å². The number of hydrogen-bond acceptors (Lipinski definition) is 0. The van der Waals surface area contributed by atoms with Gasteiger partial charge in [-0.1, -0.05) is 200 Å². The van der Waals surface area contributed by atoms with Gasteiger partial charge in [-0.3, -0.25) is 0 Å². The van der Waals surface area contributed by atoms with Crippen LogP contribution >= 0.6 is 0 Å². The van der Waals surface area contributed by atoms with Crippen molar-refractivity contribution >= 4 is 75.9 Å². The van der Waals surface area contributed by atoms with Crippen LogP contribution in [0.3, 0.4) is 0 Å². The molecule has 0 fully saturated rings. The van der Waals surface area contributed by atoms with Crippen molar-refractivity contribution in [3.05, 3.63) is 255 Å². The quantitative estimate of drug-likeness (QED) is 0.147. The number of benzene rings is 12. The minimum absolute atomic E-state index is 1.15. The minimum atomic E-state index is 1.15. The molecule has 12 aromatic carbocycles. The summed E-state index contributed by atoms with van der Waals surface area (Å²) in [6.45, 7) is 0. The maximum absolute atomic E-state index is 2.49. The van der Waals surface area contributed by atoms with Crippen molar-refractivity contribution in [1.29, 1.82) is 0 Å². The molecule has 0 aliphatic heterocycles. The Kier molecular flexibility index (Phi) is 8.62. The van der Waals surface area contributed by atoms with E-state index in [0.717, 1.165) is 11.4 Å². The topological polar surface area (TPSA) is 9.86 Å². The predicted octanol–water partition coefficient (Wildman–Crippen LogP) is 18.0. The standard InChI is InChI=1S/C66H42N2/c1-4-18-43(19-5-1)44-36-37-46-41-47(39-38-45(46)40-44)64-54-28-14-26-50(56-30-16-32-58-52-24-10-12-34-62(52)67(65(56)58)48-20-6-2-7-21-48)60(54)42-61-51(27-15-29-55(61)64)57-31-17-33-59-53-25-11-13-35-63(53)68(66(57)59)49-22-8-3-9-23-49/h1-42H. The lowest BCUT2D eigenvalue weighted by atomic mass is 9.85. The molecule has 2 nitrogen and oxygen atoms in total. The van der Waals surface area contributed by atoms with Gasteiger partial charge in [-0.15, -0.1) is 0 Å². The Morgan fingerprint density at radius 2 is 0.618 bits per heavy atom. The molecular formula is C66H42N2. The minimum Gasteiger partial charge on any atom is -0.309 e. The summed E-state index contributed by atoms with van der Waals surface area (Å²) in [4.78, 5) is 0. The number of fused-ring (bicyclic) bond motifs is 9. The van der Waals surface area contributed by atoms with Crippen molar-refractivity contribution in [2.45, 2.75) is 0 Å². The third-order valence-electron chi connectivity index (χ3n) is 14.3. The Balaban J connectivity index is 1.10. The van der Waals surface area contributed by atoms with E-state index in [9.17, 15) is 0 Å². The van der Waals surface area contributed by atoms with E-state index in [1.807, 2.05) is 0 Å². The first-order valence-electron chi connectivity index (χ1n) is 23.5. The highest BCUT2D eigenvalue weighted by molar-refractivity contribution is 6.23. The van der Waals surface area contributed by atoms with Crippen LogP contribution in [0.15, 0.2) is 255 Å². The zero-order valence-electron chi connectivity index (χ0n) is 37.1. The molecule has 0 atom stereocenters. The van der Waals surface area contributed by atoms with E-state index >= 15 is 0 Å². The molecule has 0 saturated heterocycles. The highest BCUT2D eigenvalue weighted by Gasteiger charge is 2.22. The predicted molar refractivity (Wildman–Crippen MR) is 289 cm³/mol. The van der Waals surface area contributed by atoms with Crippen LogP contribution in [0.1, 0.15) is 0 Å². The maximum atomic E-state index is 2.49. The third kappa shape index (κ3) is 5.84. The fourth-order valence-corrected chi connectivity index (χ4v) is 11.3. The highest BCUT2D eigenvalue weighted by atomic mass is 15.0. The summed E-state index contributed by atoms with van der Waals surface area (Å²) in [5.41, 5.74) is 16.8. The number of para-hydroxylation sites is 6. The lowest BCUT2D eigenvalue weighted by molar-refractivity contribution is 1.18. The monoisotopic (exact) mass is 862 g/mol. The van der Waals surface area contributed by atoms with E-state index < -0.39 is 0 Å². The summed E-state index contributed by atoms with van der Waals surface area (Å²) in [6.07, 6.45) is 0. The lowest BCUT2D eigenvalue weighted by Crippen LogP contribution is -1.97. The molecule has 0 N–H and O–H groups in total. The van der Waals surface area contributed by atoms with E-state index in [0.29, 0.717) is 0 Å². The molecule has 0 bridgehead atoms. The summed E-state index contributed by atoms with van der Waals surface area (Å²) >= 11 is 0. The van der Waals surface area contributed by atoms with E-state index in [1.165, 1.54) is 120 Å². The second kappa shape index (κ2) is 15.3. The average molecular weight is 863 g/mol. The van der Waals surface area contributed by atoms with Crippen molar-refractivity contribution < 1.29 is 0 Å². The van der Waals surface area contributed by atoms with Gasteiger partial charge < -0.3 is 9.13 Å². The molecule has 2 heterocycles. The maximum Gasteiger partial charge on any atom is 0.0619 e. The number of nitrogens with zero attached hydrogens (tertiary/aromatic N) is 2. The third-order valence-corrected chi connectivity index (χ3v) is 14.3. The van der Waals surface area contributed by atoms with Gasteiger partial charge in [-0.2, -0.15) is 0 Å². The first kappa shape index (κ1) is 38.3. The summed E-state index contributed by atoms with van der Waals surface area (Å²) < 4.78 is 4.92. The van der Waals surface area contributed by atoms with Gasteiger partial charge in [0.05, 0.1) is 22.1 Å². The van der Waals surface area contributed by atoms with Gasteiger partial charge in [-0.25, -0.2) is 0 Å². The molecule has 14 rings (SSSR count). The Morgan fingerprint density at radius 1 is 0.221 bits per heavy atom. The van der Waals surface area contributed by atoms with E-state index in [2.05, 4.69) is 264 Å². The Bertz CT molecular complexity index is 4080. The molecular weight excluding hydrogens is 821 g/mol. The van der Waals surface area contributed by atoms with Crippen LogP contribution in [0, 0.1) is 0 Å². The molecule has 0 unspecified atom stereocenters. The number of rotatable bonds is 6. The largest absolute Gasteiger partial charge is 0.309 e. The molecule has 0 spiro atoms. The fourth-order valence-electron chi connectivity index (χ4n) is 11.3. The SMILES string of the molecule is c1ccc(-c2ccc3cc(-c4c5cccc(-c6cccc7c8ccccc8n(-c8ccccc8)c67)c5cc5c(-c6cccc7c8ccccc8n(-c8ccccc8)c67)cccc45)ccc3c2)cc1. The van der Waals surface area contributed by atoms with Gasteiger partial charge in [0.1, 0.15) is 0 Å². The number of hydrogen-bond donors (Lipinski definition) is 0. The first-order valence-corrected chi connectivity index (χ1v) is 23.5. The smallest absolute Gasteiger partial charge is 0.0619 e. The molecule has 68 heavy (non-hydrogen) atoms.